The van der Waals surface area contributed by atoms with Crippen LogP contribution in [0.2, 0.25) is 0 Å². The highest BCUT2D eigenvalue weighted by Gasteiger charge is 2.33. The van der Waals surface area contributed by atoms with Crippen LogP contribution in [0.3, 0.4) is 0 Å². The zero-order valence-electron chi connectivity index (χ0n) is 13.0. The van der Waals surface area contributed by atoms with E-state index in [0.29, 0.717) is 26.2 Å². The lowest BCUT2D eigenvalue weighted by Crippen LogP contribution is -2.57. The zero-order valence-corrected chi connectivity index (χ0v) is 13.9. The Kier molecular flexibility index (Phi) is 5.30. The molecule has 0 spiro atoms. The van der Waals surface area contributed by atoms with E-state index in [0.717, 1.165) is 30.7 Å². The Balaban J connectivity index is 1.69. The quantitative estimate of drug-likeness (QED) is 0.883. The summed E-state index contributed by atoms with van der Waals surface area (Å²) in [6.45, 7) is -0.281. The number of amides is 2. The predicted molar refractivity (Wildman–Crippen MR) is 84.5 cm³/mol. The monoisotopic (exact) mass is 359 g/mol. The predicted octanol–water partition coefficient (Wildman–Crippen LogP) is 1.39. The van der Waals surface area contributed by atoms with Crippen molar-refractivity contribution in [1.29, 1.82) is 0 Å². The summed E-state index contributed by atoms with van der Waals surface area (Å²) in [5, 5.41) is 4.59. The van der Waals surface area contributed by atoms with E-state index in [1.807, 2.05) is 4.90 Å². The van der Waals surface area contributed by atoms with Crippen LogP contribution in [0.1, 0.15) is 22.5 Å². The number of piperazine rings is 1. The van der Waals surface area contributed by atoms with Gasteiger partial charge in [0.25, 0.3) is 5.91 Å². The van der Waals surface area contributed by atoms with Gasteiger partial charge in [-0.2, -0.15) is 8.78 Å². The molecule has 0 bridgehead atoms. The van der Waals surface area contributed by atoms with E-state index in [1.54, 1.807) is 10.3 Å². The summed E-state index contributed by atoms with van der Waals surface area (Å²) in [4.78, 5) is 28.3. The molecule has 132 valence electrons. The van der Waals surface area contributed by atoms with Crippen molar-refractivity contribution in [3.63, 3.8) is 0 Å². The molecule has 0 aromatic carbocycles. The van der Waals surface area contributed by atoms with Gasteiger partial charge in [0.15, 0.2) is 0 Å². The molecule has 2 saturated heterocycles. The fourth-order valence-corrected chi connectivity index (χ4v) is 3.98. The number of hydrogen-bond acceptors (Lipinski definition) is 5. The molecular formula is C15H19F2N3O3S. The second-order valence-corrected chi connectivity index (χ2v) is 6.72. The number of nitrogens with zero attached hydrogens (tertiary/aromatic N) is 2. The van der Waals surface area contributed by atoms with Crippen molar-refractivity contribution < 1.29 is 23.1 Å². The van der Waals surface area contributed by atoms with Crippen LogP contribution in [0.15, 0.2) is 11.4 Å². The summed E-state index contributed by atoms with van der Waals surface area (Å²) in [5.41, 5.74) is 0. The number of carbonyl (C=O) groups is 2. The first kappa shape index (κ1) is 17.1. The summed E-state index contributed by atoms with van der Waals surface area (Å²) in [6.07, 6.45) is 1.63. The maximum Gasteiger partial charge on any atom is 0.387 e. The van der Waals surface area contributed by atoms with Crippen LogP contribution in [0.25, 0.3) is 0 Å². The lowest BCUT2D eigenvalue weighted by atomic mass is 10.0. The molecule has 2 aliphatic heterocycles. The number of thiophene rings is 1. The van der Waals surface area contributed by atoms with Crippen molar-refractivity contribution in [2.24, 2.45) is 0 Å². The molecule has 24 heavy (non-hydrogen) atoms. The summed E-state index contributed by atoms with van der Waals surface area (Å²) >= 11 is 1.09. The van der Waals surface area contributed by atoms with Gasteiger partial charge in [-0.15, -0.1) is 11.3 Å². The van der Waals surface area contributed by atoms with Gasteiger partial charge in [-0.25, -0.2) is 0 Å². The van der Waals surface area contributed by atoms with Crippen molar-refractivity contribution in [3.8, 4) is 5.75 Å². The first-order valence-electron chi connectivity index (χ1n) is 7.88. The summed E-state index contributed by atoms with van der Waals surface area (Å²) in [7, 11) is 0. The van der Waals surface area contributed by atoms with E-state index in [4.69, 9.17) is 0 Å². The molecule has 1 N–H and O–H groups in total. The van der Waals surface area contributed by atoms with Crippen LogP contribution < -0.4 is 10.1 Å². The van der Waals surface area contributed by atoms with Crippen molar-refractivity contribution in [1.82, 2.24) is 15.1 Å². The normalized spacial score (nSPS) is 22.1. The first-order chi connectivity index (χ1) is 11.6. The standard InChI is InChI=1S/C15H19F2N3O3S/c16-15(17)23-11-3-7-24-13(11)14(22)19-5-1-2-10(9-19)20-6-4-18-8-12(20)21/h3,7,10,15,18H,1-2,4-6,8-9H2. The minimum Gasteiger partial charge on any atom is -0.433 e. The lowest BCUT2D eigenvalue weighted by molar-refractivity contribution is -0.135. The van der Waals surface area contributed by atoms with Crippen LogP contribution in [0, 0.1) is 0 Å². The smallest absolute Gasteiger partial charge is 0.387 e. The molecule has 6 nitrogen and oxygen atoms in total. The number of rotatable bonds is 4. The Labute approximate surface area is 142 Å². The molecule has 3 heterocycles. The highest BCUT2D eigenvalue weighted by atomic mass is 32.1. The van der Waals surface area contributed by atoms with E-state index >= 15 is 0 Å². The SMILES string of the molecule is O=C(c1sccc1OC(F)F)N1CCCC(N2CCNCC2=O)C1. The van der Waals surface area contributed by atoms with Gasteiger partial charge in [-0.05, 0) is 24.3 Å². The van der Waals surface area contributed by atoms with Crippen molar-refractivity contribution >= 4 is 23.2 Å². The van der Waals surface area contributed by atoms with Crippen molar-refractivity contribution in [3.05, 3.63) is 16.3 Å². The maximum atomic E-state index is 12.7. The van der Waals surface area contributed by atoms with Gasteiger partial charge < -0.3 is 19.9 Å². The van der Waals surface area contributed by atoms with Crippen LogP contribution in [0.5, 0.6) is 5.75 Å². The fraction of sp³-hybridized carbons (Fsp3) is 0.600. The van der Waals surface area contributed by atoms with Gasteiger partial charge in [-0.3, -0.25) is 9.59 Å². The molecule has 0 aliphatic carbocycles. The topological polar surface area (TPSA) is 61.9 Å². The summed E-state index contributed by atoms with van der Waals surface area (Å²) < 4.78 is 29.3. The molecule has 1 aromatic heterocycles. The van der Waals surface area contributed by atoms with Gasteiger partial charge in [0.2, 0.25) is 5.91 Å². The second kappa shape index (κ2) is 7.43. The van der Waals surface area contributed by atoms with Gasteiger partial charge in [0, 0.05) is 32.2 Å². The Hall–Kier alpha value is -1.74. The molecule has 1 unspecified atom stereocenters. The average molecular weight is 359 g/mol. The summed E-state index contributed by atoms with van der Waals surface area (Å²) in [6, 6.07) is 1.36. The largest absolute Gasteiger partial charge is 0.433 e. The number of nitrogens with one attached hydrogen (secondary N) is 1. The number of halogens is 2. The Morgan fingerprint density at radius 2 is 2.25 bits per heavy atom. The van der Waals surface area contributed by atoms with Gasteiger partial charge in [0.1, 0.15) is 10.6 Å². The summed E-state index contributed by atoms with van der Waals surface area (Å²) in [5.74, 6) is -0.355. The molecule has 3 rings (SSSR count). The van der Waals surface area contributed by atoms with Gasteiger partial charge in [-0.1, -0.05) is 0 Å². The molecule has 1 atom stereocenters. The van der Waals surface area contributed by atoms with Crippen molar-refractivity contribution in [2.45, 2.75) is 25.5 Å². The Bertz CT molecular complexity index is 611. The van der Waals surface area contributed by atoms with E-state index in [-0.39, 0.29) is 28.5 Å². The fourth-order valence-electron chi connectivity index (χ4n) is 3.19. The minimum absolute atomic E-state index is 0.0169. The molecule has 2 aliphatic rings. The third-order valence-electron chi connectivity index (χ3n) is 4.29. The van der Waals surface area contributed by atoms with E-state index in [2.05, 4.69) is 10.1 Å². The Morgan fingerprint density at radius 3 is 3.00 bits per heavy atom. The third-order valence-corrected chi connectivity index (χ3v) is 5.17. The second-order valence-electron chi connectivity index (χ2n) is 5.80. The number of ether oxygens (including phenoxy) is 1. The van der Waals surface area contributed by atoms with E-state index in [1.165, 1.54) is 6.07 Å². The number of hydrogen-bond donors (Lipinski definition) is 1. The number of piperidine rings is 1. The Morgan fingerprint density at radius 1 is 1.42 bits per heavy atom. The molecule has 2 fully saturated rings. The van der Waals surface area contributed by atoms with E-state index in [9.17, 15) is 18.4 Å². The third kappa shape index (κ3) is 3.67. The average Bonchev–Trinajstić information content (AvgIpc) is 3.02. The molecule has 0 saturated carbocycles. The first-order valence-corrected chi connectivity index (χ1v) is 8.76. The molecular weight excluding hydrogens is 340 g/mol. The van der Waals surface area contributed by atoms with Crippen molar-refractivity contribution in [2.75, 3.05) is 32.7 Å². The van der Waals surface area contributed by atoms with Crippen LogP contribution >= 0.6 is 11.3 Å². The molecule has 2 amide bonds. The molecule has 1 aromatic rings. The van der Waals surface area contributed by atoms with Crippen LogP contribution in [0.4, 0.5) is 8.78 Å². The minimum atomic E-state index is -2.96. The van der Waals surface area contributed by atoms with Gasteiger partial charge >= 0.3 is 6.61 Å². The molecule has 0 radical (unpaired) electrons. The zero-order chi connectivity index (χ0) is 17.1. The highest BCUT2D eigenvalue weighted by molar-refractivity contribution is 7.12. The number of likely N-dealkylation sites (tertiary alicyclic amines) is 1. The highest BCUT2D eigenvalue weighted by Crippen LogP contribution is 2.29. The maximum absolute atomic E-state index is 12.7. The molecule has 9 heteroatoms. The lowest BCUT2D eigenvalue weighted by Gasteiger charge is -2.41. The van der Waals surface area contributed by atoms with Gasteiger partial charge in [0.05, 0.1) is 6.54 Å². The number of alkyl halides is 2. The van der Waals surface area contributed by atoms with E-state index < -0.39 is 6.61 Å². The number of carbonyl (C=O) groups excluding carboxylic acids is 2. The van der Waals surface area contributed by atoms with Crippen LogP contribution in [-0.4, -0.2) is 67.0 Å². The van der Waals surface area contributed by atoms with Crippen LogP contribution in [-0.2, 0) is 4.79 Å².